The van der Waals surface area contributed by atoms with Crippen LogP contribution in [0.3, 0.4) is 0 Å². The van der Waals surface area contributed by atoms with Gasteiger partial charge in [-0.3, -0.25) is 0 Å². The van der Waals surface area contributed by atoms with Crippen molar-refractivity contribution in [2.75, 3.05) is 5.73 Å². The molecule has 0 unspecified atom stereocenters. The largest absolute Gasteiger partial charge is 0.380 e. The van der Waals surface area contributed by atoms with E-state index >= 15 is 0 Å². The van der Waals surface area contributed by atoms with Crippen LogP contribution in [0.25, 0.3) is 11.1 Å². The molecule has 0 bridgehead atoms. The van der Waals surface area contributed by atoms with Crippen LogP contribution < -0.4 is 5.73 Å². The molecule has 0 saturated carbocycles. The Morgan fingerprint density at radius 3 is 2.29 bits per heavy atom. The molecule has 0 aliphatic rings. The van der Waals surface area contributed by atoms with E-state index in [9.17, 15) is 4.39 Å². The average Bonchev–Trinajstić information content (AvgIpc) is 2.61. The van der Waals surface area contributed by atoms with Crippen LogP contribution >= 0.6 is 0 Å². The summed E-state index contributed by atoms with van der Waals surface area (Å²) in [7, 11) is 0. The SMILES string of the molecule is CC(C)(C)c1onc(N)c1-c1ccc(F)cc1. The number of nitrogen functional groups attached to an aromatic ring is 1. The Kier molecular flexibility index (Phi) is 2.65. The normalized spacial score (nSPS) is 11.8. The zero-order valence-corrected chi connectivity index (χ0v) is 10.1. The quantitative estimate of drug-likeness (QED) is 0.823. The van der Waals surface area contributed by atoms with Crippen LogP contribution in [0.15, 0.2) is 28.8 Å². The van der Waals surface area contributed by atoms with Gasteiger partial charge in [-0.2, -0.15) is 0 Å². The molecule has 0 spiro atoms. The molecule has 0 aliphatic carbocycles. The van der Waals surface area contributed by atoms with Gasteiger partial charge in [0, 0.05) is 5.41 Å². The van der Waals surface area contributed by atoms with Crippen molar-refractivity contribution in [1.29, 1.82) is 0 Å². The number of nitrogens with zero attached hydrogens (tertiary/aromatic N) is 1. The number of hydrogen-bond donors (Lipinski definition) is 1. The molecule has 0 atom stereocenters. The number of anilines is 1. The van der Waals surface area contributed by atoms with E-state index in [0.29, 0.717) is 11.6 Å². The topological polar surface area (TPSA) is 52.0 Å². The highest BCUT2D eigenvalue weighted by Gasteiger charge is 2.26. The molecule has 2 aromatic rings. The van der Waals surface area contributed by atoms with Crippen molar-refractivity contribution in [2.45, 2.75) is 26.2 Å². The number of aromatic nitrogens is 1. The Labute approximate surface area is 99.4 Å². The molecule has 2 rings (SSSR count). The minimum absolute atomic E-state index is 0.200. The molecule has 90 valence electrons. The molecule has 0 radical (unpaired) electrons. The standard InChI is InChI=1S/C13H15FN2O/c1-13(2,3)11-10(12(15)16-17-11)8-4-6-9(14)7-5-8/h4-7H,1-3H3,(H2,15,16). The van der Waals surface area contributed by atoms with E-state index in [1.54, 1.807) is 12.1 Å². The molecule has 0 amide bonds. The lowest BCUT2D eigenvalue weighted by molar-refractivity contribution is 0.332. The fourth-order valence-corrected chi connectivity index (χ4v) is 1.71. The molecule has 2 N–H and O–H groups in total. The fraction of sp³-hybridized carbons (Fsp3) is 0.308. The molecular weight excluding hydrogens is 219 g/mol. The van der Waals surface area contributed by atoms with Crippen LogP contribution in [0, 0.1) is 5.82 Å². The van der Waals surface area contributed by atoms with Gasteiger partial charge in [-0.1, -0.05) is 38.1 Å². The molecule has 0 fully saturated rings. The highest BCUT2D eigenvalue weighted by Crippen LogP contribution is 2.36. The zero-order valence-electron chi connectivity index (χ0n) is 10.1. The summed E-state index contributed by atoms with van der Waals surface area (Å²) in [4.78, 5) is 0. The molecule has 0 aliphatic heterocycles. The summed E-state index contributed by atoms with van der Waals surface area (Å²) in [5.41, 5.74) is 7.17. The van der Waals surface area contributed by atoms with E-state index in [0.717, 1.165) is 11.1 Å². The molecule has 17 heavy (non-hydrogen) atoms. The maximum absolute atomic E-state index is 12.9. The monoisotopic (exact) mass is 234 g/mol. The summed E-state index contributed by atoms with van der Waals surface area (Å²) in [6.45, 7) is 6.04. The molecule has 3 nitrogen and oxygen atoms in total. The van der Waals surface area contributed by atoms with Gasteiger partial charge in [-0.25, -0.2) is 4.39 Å². The lowest BCUT2D eigenvalue weighted by atomic mass is 9.88. The van der Waals surface area contributed by atoms with Gasteiger partial charge >= 0.3 is 0 Å². The van der Waals surface area contributed by atoms with E-state index in [1.165, 1.54) is 12.1 Å². The second-order valence-corrected chi connectivity index (χ2v) is 5.03. The maximum Gasteiger partial charge on any atom is 0.175 e. The van der Waals surface area contributed by atoms with Gasteiger partial charge in [0.2, 0.25) is 0 Å². The second-order valence-electron chi connectivity index (χ2n) is 5.03. The molecule has 4 heteroatoms. The second kappa shape index (κ2) is 3.87. The third-order valence-corrected chi connectivity index (χ3v) is 2.53. The Balaban J connectivity index is 2.59. The first-order valence-electron chi connectivity index (χ1n) is 5.41. The summed E-state index contributed by atoms with van der Waals surface area (Å²) < 4.78 is 18.2. The predicted molar refractivity (Wildman–Crippen MR) is 65.0 cm³/mol. The Morgan fingerprint density at radius 1 is 1.18 bits per heavy atom. The van der Waals surface area contributed by atoms with E-state index in [1.807, 2.05) is 20.8 Å². The molecule has 1 aromatic heterocycles. The van der Waals surface area contributed by atoms with Crippen molar-refractivity contribution in [3.05, 3.63) is 35.8 Å². The first-order valence-corrected chi connectivity index (χ1v) is 5.41. The van der Waals surface area contributed by atoms with Crippen molar-refractivity contribution >= 4 is 5.82 Å². The van der Waals surface area contributed by atoms with Crippen LogP contribution in [0.5, 0.6) is 0 Å². The lowest BCUT2D eigenvalue weighted by Crippen LogP contribution is -2.11. The van der Waals surface area contributed by atoms with Gasteiger partial charge in [-0.15, -0.1) is 0 Å². The Hall–Kier alpha value is -1.84. The Bertz CT molecular complexity index is 523. The first kappa shape index (κ1) is 11.6. The maximum atomic E-state index is 12.9. The lowest BCUT2D eigenvalue weighted by Gasteiger charge is -2.16. The van der Waals surface area contributed by atoms with Crippen molar-refractivity contribution < 1.29 is 8.91 Å². The van der Waals surface area contributed by atoms with E-state index in [-0.39, 0.29) is 11.2 Å². The minimum atomic E-state index is -0.277. The van der Waals surface area contributed by atoms with Crippen LogP contribution in [-0.2, 0) is 5.41 Å². The minimum Gasteiger partial charge on any atom is -0.380 e. The number of halogens is 1. The van der Waals surface area contributed by atoms with Gasteiger partial charge in [0.1, 0.15) is 5.82 Å². The van der Waals surface area contributed by atoms with Crippen LogP contribution in [0.1, 0.15) is 26.5 Å². The fourth-order valence-electron chi connectivity index (χ4n) is 1.71. The predicted octanol–water partition coefficient (Wildman–Crippen LogP) is 3.36. The number of hydrogen-bond acceptors (Lipinski definition) is 3. The number of rotatable bonds is 1. The summed E-state index contributed by atoms with van der Waals surface area (Å²) in [6, 6.07) is 6.14. The molecule has 1 aromatic carbocycles. The highest BCUT2D eigenvalue weighted by molar-refractivity contribution is 5.76. The van der Waals surface area contributed by atoms with Crippen molar-refractivity contribution in [3.63, 3.8) is 0 Å². The Morgan fingerprint density at radius 2 is 1.76 bits per heavy atom. The van der Waals surface area contributed by atoms with Crippen LogP contribution in [0.4, 0.5) is 10.2 Å². The molecular formula is C13H15FN2O. The summed E-state index contributed by atoms with van der Waals surface area (Å²) >= 11 is 0. The summed E-state index contributed by atoms with van der Waals surface area (Å²) in [5.74, 6) is 0.768. The van der Waals surface area contributed by atoms with Gasteiger partial charge in [0.05, 0.1) is 5.56 Å². The third kappa shape index (κ3) is 2.16. The average molecular weight is 234 g/mol. The summed E-state index contributed by atoms with van der Waals surface area (Å²) in [5, 5.41) is 3.79. The summed E-state index contributed by atoms with van der Waals surface area (Å²) in [6.07, 6.45) is 0. The van der Waals surface area contributed by atoms with Gasteiger partial charge in [-0.05, 0) is 17.7 Å². The van der Waals surface area contributed by atoms with E-state index in [4.69, 9.17) is 10.3 Å². The highest BCUT2D eigenvalue weighted by atomic mass is 19.1. The van der Waals surface area contributed by atoms with Crippen LogP contribution in [-0.4, -0.2) is 5.16 Å². The van der Waals surface area contributed by atoms with E-state index < -0.39 is 0 Å². The van der Waals surface area contributed by atoms with Crippen LogP contribution in [0.2, 0.25) is 0 Å². The third-order valence-electron chi connectivity index (χ3n) is 2.53. The van der Waals surface area contributed by atoms with Crippen molar-refractivity contribution in [1.82, 2.24) is 5.16 Å². The van der Waals surface area contributed by atoms with E-state index in [2.05, 4.69) is 5.16 Å². The van der Waals surface area contributed by atoms with Gasteiger partial charge in [0.15, 0.2) is 11.6 Å². The van der Waals surface area contributed by atoms with Gasteiger partial charge in [0.25, 0.3) is 0 Å². The molecule has 1 heterocycles. The number of benzene rings is 1. The van der Waals surface area contributed by atoms with Crippen molar-refractivity contribution in [2.24, 2.45) is 0 Å². The number of nitrogens with two attached hydrogens (primary N) is 1. The first-order chi connectivity index (χ1) is 7.89. The molecule has 0 saturated heterocycles. The van der Waals surface area contributed by atoms with Gasteiger partial charge < -0.3 is 10.3 Å². The smallest absolute Gasteiger partial charge is 0.175 e. The zero-order chi connectivity index (χ0) is 12.6. The van der Waals surface area contributed by atoms with Crippen molar-refractivity contribution in [3.8, 4) is 11.1 Å².